The minimum absolute atomic E-state index is 1.15. The fraction of sp³-hybridized carbons (Fsp3) is 0.500. The molecule has 0 saturated carbocycles. The summed E-state index contributed by atoms with van der Waals surface area (Å²) in [5, 5.41) is 0. The summed E-state index contributed by atoms with van der Waals surface area (Å²) in [5.74, 6) is 0. The van der Waals surface area contributed by atoms with Crippen LogP contribution in [0.1, 0.15) is 19.3 Å². The number of aromatic nitrogens is 1. The molecule has 1 aromatic rings. The van der Waals surface area contributed by atoms with E-state index < -0.39 is 0 Å². The quantitative estimate of drug-likeness (QED) is 0.625. The normalized spacial score (nSPS) is 17.8. The van der Waals surface area contributed by atoms with E-state index in [0.717, 1.165) is 5.69 Å². The fourth-order valence-electron chi connectivity index (χ4n) is 1.63. The summed E-state index contributed by atoms with van der Waals surface area (Å²) in [6.45, 7) is 2.34. The van der Waals surface area contributed by atoms with Gasteiger partial charge in [0.1, 0.15) is 6.20 Å². The standard InChI is InChI=1S/C10H13N2/c1-2-7-12(8-3-1)10-5-4-6-11-9-10/h4-6H,1-3,7-8H2. The van der Waals surface area contributed by atoms with Gasteiger partial charge in [-0.1, -0.05) is 0 Å². The Morgan fingerprint density at radius 1 is 1.25 bits per heavy atom. The van der Waals surface area contributed by atoms with Crippen LogP contribution < -0.4 is 4.90 Å². The Hall–Kier alpha value is -1.05. The Balaban J connectivity index is 2.08. The second kappa shape index (κ2) is 3.57. The maximum absolute atomic E-state index is 3.99. The molecule has 2 heterocycles. The van der Waals surface area contributed by atoms with E-state index in [1.165, 1.54) is 32.4 Å². The molecule has 1 aliphatic rings. The minimum Gasteiger partial charge on any atom is -0.370 e. The lowest BCUT2D eigenvalue weighted by Crippen LogP contribution is -2.29. The zero-order valence-electron chi connectivity index (χ0n) is 7.16. The summed E-state index contributed by atoms with van der Waals surface area (Å²) < 4.78 is 0. The van der Waals surface area contributed by atoms with Crippen LogP contribution in [0.15, 0.2) is 18.3 Å². The van der Waals surface area contributed by atoms with Crippen molar-refractivity contribution in [3.8, 4) is 0 Å². The lowest BCUT2D eigenvalue weighted by Gasteiger charge is -2.27. The molecule has 2 heteroatoms. The second-order valence-corrected chi connectivity index (χ2v) is 3.18. The first-order valence-corrected chi connectivity index (χ1v) is 4.54. The smallest absolute Gasteiger partial charge is 0.114 e. The number of hydrogen-bond acceptors (Lipinski definition) is 2. The van der Waals surface area contributed by atoms with Gasteiger partial charge >= 0.3 is 0 Å². The molecule has 0 bridgehead atoms. The van der Waals surface area contributed by atoms with Crippen LogP contribution in [-0.2, 0) is 0 Å². The molecule has 1 aliphatic heterocycles. The Bertz CT molecular complexity index is 227. The number of piperidine rings is 1. The molecule has 2 rings (SSSR count). The van der Waals surface area contributed by atoms with E-state index in [1.807, 2.05) is 6.07 Å². The molecule has 1 fully saturated rings. The third kappa shape index (κ3) is 1.58. The largest absolute Gasteiger partial charge is 0.370 e. The highest BCUT2D eigenvalue weighted by Crippen LogP contribution is 2.17. The van der Waals surface area contributed by atoms with E-state index in [-0.39, 0.29) is 0 Å². The van der Waals surface area contributed by atoms with Gasteiger partial charge in [0.05, 0.1) is 5.69 Å². The zero-order chi connectivity index (χ0) is 8.23. The second-order valence-electron chi connectivity index (χ2n) is 3.18. The molecule has 0 unspecified atom stereocenters. The summed E-state index contributed by atoms with van der Waals surface area (Å²) in [6.07, 6.45) is 8.77. The lowest BCUT2D eigenvalue weighted by molar-refractivity contribution is 0.577. The van der Waals surface area contributed by atoms with Crippen molar-refractivity contribution in [3.05, 3.63) is 24.5 Å². The third-order valence-corrected chi connectivity index (χ3v) is 2.29. The van der Waals surface area contributed by atoms with Crippen LogP contribution in [0.25, 0.3) is 0 Å². The van der Waals surface area contributed by atoms with Gasteiger partial charge in [0.15, 0.2) is 0 Å². The van der Waals surface area contributed by atoms with Crippen LogP contribution in [0.5, 0.6) is 0 Å². The maximum Gasteiger partial charge on any atom is 0.114 e. The molecule has 63 valence electrons. The van der Waals surface area contributed by atoms with E-state index >= 15 is 0 Å². The van der Waals surface area contributed by atoms with Gasteiger partial charge in [0.25, 0.3) is 0 Å². The van der Waals surface area contributed by atoms with Gasteiger partial charge in [-0.05, 0) is 31.4 Å². The number of hydrogen-bond donors (Lipinski definition) is 0. The van der Waals surface area contributed by atoms with Crippen molar-refractivity contribution in [2.45, 2.75) is 19.3 Å². The number of nitrogens with zero attached hydrogens (tertiary/aromatic N) is 2. The Morgan fingerprint density at radius 2 is 2.08 bits per heavy atom. The van der Waals surface area contributed by atoms with Crippen molar-refractivity contribution in [1.29, 1.82) is 0 Å². The van der Waals surface area contributed by atoms with Crippen molar-refractivity contribution in [1.82, 2.24) is 4.98 Å². The molecule has 1 aromatic heterocycles. The van der Waals surface area contributed by atoms with E-state index in [2.05, 4.69) is 22.1 Å². The van der Waals surface area contributed by atoms with Crippen molar-refractivity contribution in [3.63, 3.8) is 0 Å². The third-order valence-electron chi connectivity index (χ3n) is 2.29. The SMILES string of the molecule is [c]1ncccc1N1CCCCC1. The van der Waals surface area contributed by atoms with E-state index in [9.17, 15) is 0 Å². The van der Waals surface area contributed by atoms with Crippen LogP contribution >= 0.6 is 0 Å². The van der Waals surface area contributed by atoms with Gasteiger partial charge in [-0.25, -0.2) is 0 Å². The Labute approximate surface area is 73.2 Å². The van der Waals surface area contributed by atoms with Crippen LogP contribution in [0.2, 0.25) is 0 Å². The first kappa shape index (κ1) is 7.59. The summed E-state index contributed by atoms with van der Waals surface area (Å²) in [5.41, 5.74) is 1.15. The fourth-order valence-corrected chi connectivity index (χ4v) is 1.63. The highest BCUT2D eigenvalue weighted by molar-refractivity contribution is 5.42. The summed E-state index contributed by atoms with van der Waals surface area (Å²) >= 11 is 0. The van der Waals surface area contributed by atoms with Crippen molar-refractivity contribution in [2.24, 2.45) is 0 Å². The average Bonchev–Trinajstić information content (AvgIpc) is 2.21. The molecule has 2 nitrogen and oxygen atoms in total. The molecule has 0 spiro atoms. The molecule has 1 radical (unpaired) electrons. The highest BCUT2D eigenvalue weighted by atomic mass is 15.1. The maximum atomic E-state index is 3.99. The first-order valence-electron chi connectivity index (χ1n) is 4.54. The molecular weight excluding hydrogens is 148 g/mol. The predicted molar refractivity (Wildman–Crippen MR) is 49.1 cm³/mol. The number of anilines is 1. The van der Waals surface area contributed by atoms with E-state index in [1.54, 1.807) is 6.20 Å². The molecule has 1 saturated heterocycles. The summed E-state index contributed by atoms with van der Waals surface area (Å²) in [6, 6.07) is 4.05. The van der Waals surface area contributed by atoms with Gasteiger partial charge in [0, 0.05) is 19.3 Å². The predicted octanol–water partition coefficient (Wildman–Crippen LogP) is 1.87. The molecule has 12 heavy (non-hydrogen) atoms. The average molecular weight is 161 g/mol. The van der Waals surface area contributed by atoms with E-state index in [4.69, 9.17) is 0 Å². The van der Waals surface area contributed by atoms with Crippen molar-refractivity contribution >= 4 is 5.69 Å². The van der Waals surface area contributed by atoms with Gasteiger partial charge in [-0.15, -0.1) is 0 Å². The topological polar surface area (TPSA) is 16.1 Å². The zero-order valence-corrected chi connectivity index (χ0v) is 7.16. The van der Waals surface area contributed by atoms with Gasteiger partial charge in [-0.3, -0.25) is 4.98 Å². The van der Waals surface area contributed by atoms with Gasteiger partial charge in [0.2, 0.25) is 0 Å². The monoisotopic (exact) mass is 161 g/mol. The first-order chi connectivity index (χ1) is 5.97. The van der Waals surface area contributed by atoms with Crippen LogP contribution in [0.4, 0.5) is 5.69 Å². The van der Waals surface area contributed by atoms with Crippen LogP contribution in [0.3, 0.4) is 0 Å². The minimum atomic E-state index is 1.15. The Morgan fingerprint density at radius 3 is 2.75 bits per heavy atom. The van der Waals surface area contributed by atoms with E-state index in [0.29, 0.717) is 0 Å². The van der Waals surface area contributed by atoms with Gasteiger partial charge < -0.3 is 4.90 Å². The molecule has 0 aromatic carbocycles. The van der Waals surface area contributed by atoms with Crippen LogP contribution in [0, 0.1) is 6.20 Å². The lowest BCUT2D eigenvalue weighted by atomic mass is 10.1. The molecule has 0 amide bonds. The molecular formula is C10H13N2. The molecule has 0 aliphatic carbocycles. The molecule has 0 atom stereocenters. The molecule has 0 N–H and O–H groups in total. The Kier molecular flexibility index (Phi) is 2.26. The summed E-state index contributed by atoms with van der Waals surface area (Å²) in [7, 11) is 0. The highest BCUT2D eigenvalue weighted by Gasteiger charge is 2.10. The van der Waals surface area contributed by atoms with Crippen LogP contribution in [-0.4, -0.2) is 18.1 Å². The summed E-state index contributed by atoms with van der Waals surface area (Å²) in [4.78, 5) is 6.35. The van der Waals surface area contributed by atoms with Gasteiger partial charge in [-0.2, -0.15) is 0 Å². The van der Waals surface area contributed by atoms with Crippen molar-refractivity contribution in [2.75, 3.05) is 18.0 Å². The van der Waals surface area contributed by atoms with Crippen molar-refractivity contribution < 1.29 is 0 Å². The number of pyridine rings is 1. The number of rotatable bonds is 1.